The van der Waals surface area contributed by atoms with Crippen molar-refractivity contribution in [1.82, 2.24) is 19.5 Å². The molecule has 9 heteroatoms. The van der Waals surface area contributed by atoms with Crippen LogP contribution in [0.2, 0.25) is 0 Å². The molecule has 7 nitrogen and oxygen atoms in total. The average molecular weight is 302 g/mol. The van der Waals surface area contributed by atoms with E-state index in [0.717, 1.165) is 0 Å². The highest BCUT2D eigenvalue weighted by Gasteiger charge is 2.18. The molecule has 0 amide bonds. The summed E-state index contributed by atoms with van der Waals surface area (Å²) >= 11 is 1.21. The maximum Gasteiger partial charge on any atom is 0.241 e. The Kier molecular flexibility index (Phi) is 4.30. The summed E-state index contributed by atoms with van der Waals surface area (Å²) in [5, 5.41) is 14.8. The van der Waals surface area contributed by atoms with Gasteiger partial charge in [-0.3, -0.25) is 4.68 Å². The van der Waals surface area contributed by atoms with Gasteiger partial charge in [0.25, 0.3) is 0 Å². The van der Waals surface area contributed by atoms with E-state index in [9.17, 15) is 8.42 Å². The molecule has 0 spiro atoms. The summed E-state index contributed by atoms with van der Waals surface area (Å²) in [5.74, 6) is 0.581. The van der Waals surface area contributed by atoms with Crippen molar-refractivity contribution in [3.63, 3.8) is 0 Å². The molecule has 2 aromatic rings. The predicted molar refractivity (Wildman–Crippen MR) is 70.1 cm³/mol. The van der Waals surface area contributed by atoms with Crippen LogP contribution in [-0.4, -0.2) is 34.8 Å². The molecule has 0 unspecified atom stereocenters. The van der Waals surface area contributed by atoms with Crippen LogP contribution >= 0.6 is 11.3 Å². The number of hydrogen-bond donors (Lipinski definition) is 2. The van der Waals surface area contributed by atoms with E-state index in [4.69, 9.17) is 5.11 Å². The number of sulfonamides is 1. The molecule has 0 aliphatic rings. The lowest BCUT2D eigenvalue weighted by Crippen LogP contribution is -2.26. The Balaban J connectivity index is 1.98. The van der Waals surface area contributed by atoms with Crippen LogP contribution in [0.1, 0.15) is 10.7 Å². The van der Waals surface area contributed by atoms with Gasteiger partial charge in [0.1, 0.15) is 6.33 Å². The molecular weight excluding hydrogens is 288 g/mol. The van der Waals surface area contributed by atoms with E-state index < -0.39 is 10.0 Å². The van der Waals surface area contributed by atoms with Gasteiger partial charge in [-0.05, 0) is 11.4 Å². The summed E-state index contributed by atoms with van der Waals surface area (Å²) in [7, 11) is -1.84. The zero-order valence-corrected chi connectivity index (χ0v) is 11.9. The highest BCUT2D eigenvalue weighted by Crippen LogP contribution is 2.21. The minimum absolute atomic E-state index is 0.133. The molecule has 0 fully saturated rings. The van der Waals surface area contributed by atoms with Crippen LogP contribution in [0.5, 0.6) is 0 Å². The third-order valence-corrected chi connectivity index (χ3v) is 5.01. The lowest BCUT2D eigenvalue weighted by molar-refractivity contribution is 0.282. The lowest BCUT2D eigenvalue weighted by atomic mass is 10.4. The summed E-state index contributed by atoms with van der Waals surface area (Å²) in [4.78, 5) is 4.58. The van der Waals surface area contributed by atoms with Crippen molar-refractivity contribution in [2.75, 3.05) is 6.54 Å². The molecule has 0 saturated heterocycles. The molecule has 0 atom stereocenters. The molecule has 0 saturated carbocycles. The van der Waals surface area contributed by atoms with Gasteiger partial charge in [0, 0.05) is 24.9 Å². The number of aliphatic hydroxyl groups excluding tert-OH is 1. The minimum Gasteiger partial charge on any atom is -0.391 e. The number of aromatic nitrogens is 3. The predicted octanol–water partition coefficient (Wildman–Crippen LogP) is -0.110. The number of rotatable bonds is 6. The summed E-state index contributed by atoms with van der Waals surface area (Å²) in [6.07, 6.45) is 1.98. The zero-order chi connectivity index (χ0) is 13.9. The molecule has 2 rings (SSSR count). The largest absolute Gasteiger partial charge is 0.391 e. The van der Waals surface area contributed by atoms with Gasteiger partial charge in [0.2, 0.25) is 10.0 Å². The van der Waals surface area contributed by atoms with E-state index in [1.165, 1.54) is 17.4 Å². The Hall–Kier alpha value is -1.29. The second kappa shape index (κ2) is 5.78. The van der Waals surface area contributed by atoms with Crippen molar-refractivity contribution in [1.29, 1.82) is 0 Å². The highest BCUT2D eigenvalue weighted by atomic mass is 32.2. The van der Waals surface area contributed by atoms with Crippen molar-refractivity contribution in [3.8, 4) is 0 Å². The van der Waals surface area contributed by atoms with Gasteiger partial charge in [0.15, 0.2) is 5.82 Å². The van der Waals surface area contributed by atoms with E-state index in [2.05, 4.69) is 14.8 Å². The van der Waals surface area contributed by atoms with Gasteiger partial charge in [-0.2, -0.15) is 5.10 Å². The van der Waals surface area contributed by atoms with Crippen LogP contribution in [0, 0.1) is 0 Å². The minimum atomic E-state index is -3.58. The van der Waals surface area contributed by atoms with Crippen LogP contribution in [0.15, 0.2) is 22.7 Å². The highest BCUT2D eigenvalue weighted by molar-refractivity contribution is 7.89. The van der Waals surface area contributed by atoms with Crippen molar-refractivity contribution in [2.45, 2.75) is 17.9 Å². The lowest BCUT2D eigenvalue weighted by Gasteiger charge is -2.05. The van der Waals surface area contributed by atoms with E-state index >= 15 is 0 Å². The Morgan fingerprint density at radius 2 is 2.32 bits per heavy atom. The van der Waals surface area contributed by atoms with Gasteiger partial charge < -0.3 is 5.11 Å². The molecule has 0 aromatic carbocycles. The Morgan fingerprint density at radius 1 is 1.53 bits per heavy atom. The first-order chi connectivity index (χ1) is 9.03. The normalized spacial score (nSPS) is 11.9. The smallest absolute Gasteiger partial charge is 0.241 e. The first-order valence-electron chi connectivity index (χ1n) is 5.54. The molecule has 0 aliphatic heterocycles. The molecule has 2 aromatic heterocycles. The second-order valence-electron chi connectivity index (χ2n) is 3.85. The third-order valence-electron chi connectivity index (χ3n) is 2.43. The fraction of sp³-hybridized carbons (Fsp3) is 0.400. The summed E-state index contributed by atoms with van der Waals surface area (Å²) in [5.41, 5.74) is 0. The van der Waals surface area contributed by atoms with E-state index in [-0.39, 0.29) is 18.0 Å². The number of aliphatic hydroxyl groups is 1. The fourth-order valence-electron chi connectivity index (χ4n) is 1.56. The van der Waals surface area contributed by atoms with E-state index in [0.29, 0.717) is 17.1 Å². The molecule has 0 radical (unpaired) electrons. The summed E-state index contributed by atoms with van der Waals surface area (Å²) < 4.78 is 28.0. The quantitative estimate of drug-likeness (QED) is 0.776. The second-order valence-corrected chi connectivity index (χ2v) is 6.58. The summed E-state index contributed by atoms with van der Waals surface area (Å²) in [6, 6.07) is 1.48. The Bertz CT molecular complexity index is 647. The molecule has 0 aliphatic carbocycles. The molecule has 104 valence electrons. The number of thiophene rings is 1. The Labute approximate surface area is 115 Å². The van der Waals surface area contributed by atoms with Gasteiger partial charge in [0.05, 0.1) is 11.5 Å². The van der Waals surface area contributed by atoms with Crippen molar-refractivity contribution in [3.05, 3.63) is 28.5 Å². The molecule has 19 heavy (non-hydrogen) atoms. The van der Waals surface area contributed by atoms with Gasteiger partial charge >= 0.3 is 0 Å². The van der Waals surface area contributed by atoms with Gasteiger partial charge in [-0.1, -0.05) is 0 Å². The number of nitrogens with one attached hydrogen (secondary N) is 1. The molecule has 2 heterocycles. The van der Waals surface area contributed by atoms with E-state index in [1.54, 1.807) is 23.4 Å². The maximum absolute atomic E-state index is 12.0. The standard InChI is InChI=1S/C10H14N4O3S2/c1-14-7-11-10(13-14)2-4-12-19(16,17)9-3-5-18-8(9)6-15/h3,5,7,12,15H,2,4,6H2,1H3. The van der Waals surface area contributed by atoms with Crippen LogP contribution in [-0.2, 0) is 30.1 Å². The van der Waals surface area contributed by atoms with Crippen molar-refractivity contribution in [2.24, 2.45) is 7.05 Å². The third kappa shape index (κ3) is 3.38. The van der Waals surface area contributed by atoms with Gasteiger partial charge in [-0.15, -0.1) is 11.3 Å². The van der Waals surface area contributed by atoms with E-state index in [1.807, 2.05) is 0 Å². The zero-order valence-electron chi connectivity index (χ0n) is 10.3. The first kappa shape index (κ1) is 14.1. The van der Waals surface area contributed by atoms with Crippen LogP contribution < -0.4 is 4.72 Å². The van der Waals surface area contributed by atoms with Crippen molar-refractivity contribution >= 4 is 21.4 Å². The fourth-order valence-corrected chi connectivity index (χ4v) is 3.88. The monoisotopic (exact) mass is 302 g/mol. The topological polar surface area (TPSA) is 97.1 Å². The van der Waals surface area contributed by atoms with Crippen molar-refractivity contribution < 1.29 is 13.5 Å². The summed E-state index contributed by atoms with van der Waals surface area (Å²) in [6.45, 7) is -0.0667. The number of hydrogen-bond acceptors (Lipinski definition) is 6. The van der Waals surface area contributed by atoms with Crippen LogP contribution in [0.3, 0.4) is 0 Å². The van der Waals surface area contributed by atoms with Crippen LogP contribution in [0.25, 0.3) is 0 Å². The first-order valence-corrected chi connectivity index (χ1v) is 7.90. The molecule has 2 N–H and O–H groups in total. The SMILES string of the molecule is Cn1cnc(CCNS(=O)(=O)c2ccsc2CO)n1. The Morgan fingerprint density at radius 3 is 2.95 bits per heavy atom. The molecule has 0 bridgehead atoms. The number of aryl methyl sites for hydroxylation is 1. The van der Waals surface area contributed by atoms with Gasteiger partial charge in [-0.25, -0.2) is 18.1 Å². The van der Waals surface area contributed by atoms with Crippen LogP contribution in [0.4, 0.5) is 0 Å². The maximum atomic E-state index is 12.0. The number of nitrogens with zero attached hydrogens (tertiary/aromatic N) is 3. The average Bonchev–Trinajstić information content (AvgIpc) is 2.97. The molecular formula is C10H14N4O3S2.